The molecule has 2 N–H and O–H groups in total. The van der Waals surface area contributed by atoms with Crippen molar-refractivity contribution < 1.29 is 0 Å². The number of hydrogen-bond donors (Lipinski definition) is 2. The quantitative estimate of drug-likeness (QED) is 0.387. The van der Waals surface area contributed by atoms with Crippen molar-refractivity contribution in [1.82, 2.24) is 30.3 Å². The topological polar surface area (TPSA) is 70.4 Å². The van der Waals surface area contributed by atoms with Crippen LogP contribution in [-0.2, 0) is 13.6 Å². The Morgan fingerprint density at radius 1 is 1.14 bits per heavy atom. The number of aryl methyl sites for hydroxylation is 1. The van der Waals surface area contributed by atoms with Crippen molar-refractivity contribution in [3.63, 3.8) is 0 Å². The highest BCUT2D eigenvalue weighted by Gasteiger charge is 2.23. The first-order chi connectivity index (χ1) is 14.2. The summed E-state index contributed by atoms with van der Waals surface area (Å²) in [6, 6.07) is 11.2. The number of guanidine groups is 1. The van der Waals surface area contributed by atoms with Gasteiger partial charge in [-0.2, -0.15) is 0 Å². The number of benzene rings is 1. The lowest BCUT2D eigenvalue weighted by Gasteiger charge is -2.29. The van der Waals surface area contributed by atoms with E-state index in [4.69, 9.17) is 4.99 Å². The number of hydrogen-bond acceptors (Lipinski definition) is 4. The van der Waals surface area contributed by atoms with E-state index in [-0.39, 0.29) is 0 Å². The summed E-state index contributed by atoms with van der Waals surface area (Å²) in [5, 5.41) is 15.4. The Kier molecular flexibility index (Phi) is 8.04. The van der Waals surface area contributed by atoms with E-state index in [0.717, 1.165) is 56.6 Å². The minimum absolute atomic E-state index is 0.356. The Morgan fingerprint density at radius 3 is 2.55 bits per heavy atom. The van der Waals surface area contributed by atoms with Crippen molar-refractivity contribution in [2.45, 2.75) is 52.1 Å². The third-order valence-corrected chi connectivity index (χ3v) is 5.61. The normalized spacial score (nSPS) is 16.2. The average Bonchev–Trinajstić information content (AvgIpc) is 3.38. The van der Waals surface area contributed by atoms with Crippen molar-refractivity contribution in [3.8, 4) is 0 Å². The van der Waals surface area contributed by atoms with E-state index < -0.39 is 0 Å². The Morgan fingerprint density at radius 2 is 1.90 bits per heavy atom. The summed E-state index contributed by atoms with van der Waals surface area (Å²) in [6.07, 6.45) is 4.84. The van der Waals surface area contributed by atoms with Gasteiger partial charge < -0.3 is 15.2 Å². The molecule has 1 saturated heterocycles. The van der Waals surface area contributed by atoms with E-state index >= 15 is 0 Å². The molecule has 3 rings (SSSR count). The highest BCUT2D eigenvalue weighted by Crippen LogP contribution is 2.24. The zero-order valence-corrected chi connectivity index (χ0v) is 18.1. The monoisotopic (exact) mass is 397 g/mol. The molecule has 1 unspecified atom stereocenters. The van der Waals surface area contributed by atoms with Crippen LogP contribution in [0.2, 0.25) is 0 Å². The van der Waals surface area contributed by atoms with Gasteiger partial charge in [0.2, 0.25) is 0 Å². The summed E-state index contributed by atoms with van der Waals surface area (Å²) >= 11 is 0. The highest BCUT2D eigenvalue weighted by molar-refractivity contribution is 5.79. The first kappa shape index (κ1) is 21.3. The van der Waals surface area contributed by atoms with Gasteiger partial charge in [-0.3, -0.25) is 4.90 Å². The van der Waals surface area contributed by atoms with E-state index in [9.17, 15) is 0 Å². The third-order valence-electron chi connectivity index (χ3n) is 5.61. The predicted octanol–water partition coefficient (Wildman–Crippen LogP) is 2.80. The smallest absolute Gasteiger partial charge is 0.191 e. The first-order valence-corrected chi connectivity index (χ1v) is 10.8. The van der Waals surface area contributed by atoms with Crippen molar-refractivity contribution in [2.75, 3.05) is 26.2 Å². The Hall–Kier alpha value is -2.41. The van der Waals surface area contributed by atoms with Crippen LogP contribution in [0, 0.1) is 6.92 Å². The lowest BCUT2D eigenvalue weighted by atomic mass is 10.1. The van der Waals surface area contributed by atoms with Crippen LogP contribution in [0.1, 0.15) is 55.9 Å². The van der Waals surface area contributed by atoms with Crippen LogP contribution in [0.3, 0.4) is 0 Å². The number of aromatic nitrogens is 3. The van der Waals surface area contributed by atoms with Gasteiger partial charge >= 0.3 is 0 Å². The summed E-state index contributed by atoms with van der Waals surface area (Å²) in [5.41, 5.74) is 1.36. The Balaban J connectivity index is 1.69. The predicted molar refractivity (Wildman–Crippen MR) is 118 cm³/mol. The molecule has 2 heterocycles. The molecule has 0 aliphatic carbocycles. The summed E-state index contributed by atoms with van der Waals surface area (Å²) in [6.45, 7) is 8.75. The van der Waals surface area contributed by atoms with Crippen molar-refractivity contribution >= 4 is 5.96 Å². The van der Waals surface area contributed by atoms with Crippen LogP contribution in [-0.4, -0.2) is 51.8 Å². The van der Waals surface area contributed by atoms with Crippen molar-refractivity contribution in [2.24, 2.45) is 12.0 Å². The molecule has 0 bridgehead atoms. The minimum atomic E-state index is 0.356. The fraction of sp³-hybridized carbons (Fsp3) is 0.591. The number of likely N-dealkylation sites (tertiary alicyclic amines) is 1. The lowest BCUT2D eigenvalue weighted by Crippen LogP contribution is -2.43. The van der Waals surface area contributed by atoms with Crippen LogP contribution in [0.25, 0.3) is 0 Å². The minimum Gasteiger partial charge on any atom is -0.356 e. The van der Waals surface area contributed by atoms with Crippen LogP contribution >= 0.6 is 0 Å². The second-order valence-electron chi connectivity index (χ2n) is 7.72. The number of rotatable bonds is 9. The molecule has 1 atom stereocenters. The molecule has 0 radical (unpaired) electrons. The number of aliphatic imine (C=N–C) groups is 1. The zero-order chi connectivity index (χ0) is 20.5. The van der Waals surface area contributed by atoms with E-state index in [1.54, 1.807) is 0 Å². The van der Waals surface area contributed by atoms with E-state index in [0.29, 0.717) is 12.6 Å². The molecule has 29 heavy (non-hydrogen) atoms. The molecule has 0 amide bonds. The molecule has 0 saturated carbocycles. The molecule has 0 spiro atoms. The lowest BCUT2D eigenvalue weighted by molar-refractivity contribution is 0.245. The van der Waals surface area contributed by atoms with Crippen LogP contribution in [0.15, 0.2) is 35.3 Å². The summed E-state index contributed by atoms with van der Waals surface area (Å²) in [4.78, 5) is 7.37. The molecule has 2 aromatic rings. The molecule has 1 aliphatic heterocycles. The van der Waals surface area contributed by atoms with Gasteiger partial charge in [0.05, 0.1) is 6.04 Å². The van der Waals surface area contributed by atoms with Crippen LogP contribution < -0.4 is 10.6 Å². The maximum Gasteiger partial charge on any atom is 0.191 e. The molecular formula is C22H35N7. The summed E-state index contributed by atoms with van der Waals surface area (Å²) in [7, 11) is 1.98. The van der Waals surface area contributed by atoms with Gasteiger partial charge in [0, 0.05) is 20.1 Å². The fourth-order valence-corrected chi connectivity index (χ4v) is 3.68. The average molecular weight is 398 g/mol. The van der Waals surface area contributed by atoms with Crippen molar-refractivity contribution in [1.29, 1.82) is 0 Å². The fourth-order valence-electron chi connectivity index (χ4n) is 3.68. The standard InChI is InChI=1S/C22H35N7/c1-4-5-13-23-22(25-17-21-27-26-18(2)28(21)3)24-16-20(29-14-9-10-15-29)19-11-7-6-8-12-19/h6-8,11-12,20H,4-5,9-10,13-17H2,1-3H3,(H2,23,24,25). The SMILES string of the molecule is CCCCNC(=NCc1nnc(C)n1C)NCC(c1ccccc1)N1CCCC1. The molecule has 1 aliphatic rings. The van der Waals surface area contributed by atoms with E-state index in [1.165, 1.54) is 18.4 Å². The molecule has 7 heteroatoms. The van der Waals surface area contributed by atoms with Crippen LogP contribution in [0.5, 0.6) is 0 Å². The van der Waals surface area contributed by atoms with E-state index in [2.05, 4.69) is 63.0 Å². The zero-order valence-electron chi connectivity index (χ0n) is 18.1. The summed E-state index contributed by atoms with van der Waals surface area (Å²) in [5.74, 6) is 2.62. The molecule has 1 aromatic heterocycles. The second kappa shape index (κ2) is 11.0. The largest absolute Gasteiger partial charge is 0.356 e. The number of unbranched alkanes of at least 4 members (excludes halogenated alkanes) is 1. The Bertz CT molecular complexity index is 763. The van der Waals surface area contributed by atoms with Gasteiger partial charge in [0.15, 0.2) is 11.8 Å². The molecular weight excluding hydrogens is 362 g/mol. The van der Waals surface area contributed by atoms with Gasteiger partial charge in [-0.05, 0) is 44.8 Å². The first-order valence-electron chi connectivity index (χ1n) is 10.8. The van der Waals surface area contributed by atoms with Crippen molar-refractivity contribution in [3.05, 3.63) is 47.5 Å². The van der Waals surface area contributed by atoms with Gasteiger partial charge in [-0.25, -0.2) is 4.99 Å². The van der Waals surface area contributed by atoms with E-state index in [1.807, 2.05) is 18.5 Å². The molecule has 7 nitrogen and oxygen atoms in total. The van der Waals surface area contributed by atoms with Gasteiger partial charge in [-0.15, -0.1) is 10.2 Å². The maximum atomic E-state index is 4.78. The third kappa shape index (κ3) is 6.03. The number of nitrogens with zero attached hydrogens (tertiary/aromatic N) is 5. The van der Waals surface area contributed by atoms with Gasteiger partial charge in [0.1, 0.15) is 12.4 Å². The van der Waals surface area contributed by atoms with Crippen LogP contribution in [0.4, 0.5) is 0 Å². The second-order valence-corrected chi connectivity index (χ2v) is 7.72. The Labute approximate surface area is 174 Å². The summed E-state index contributed by atoms with van der Waals surface area (Å²) < 4.78 is 1.99. The highest BCUT2D eigenvalue weighted by atomic mass is 15.3. The maximum absolute atomic E-state index is 4.78. The molecule has 1 aromatic carbocycles. The number of nitrogens with one attached hydrogen (secondary N) is 2. The molecule has 158 valence electrons. The van der Waals surface area contributed by atoms with Gasteiger partial charge in [-0.1, -0.05) is 43.7 Å². The van der Waals surface area contributed by atoms with Gasteiger partial charge in [0.25, 0.3) is 0 Å². The molecule has 1 fully saturated rings.